The zero-order valence-corrected chi connectivity index (χ0v) is 22.2. The summed E-state index contributed by atoms with van der Waals surface area (Å²) >= 11 is 0. The molecule has 37 heavy (non-hydrogen) atoms. The highest BCUT2D eigenvalue weighted by molar-refractivity contribution is 5.91. The van der Waals surface area contributed by atoms with E-state index in [-0.39, 0.29) is 35.7 Å². The molecule has 2 aliphatic carbocycles. The van der Waals surface area contributed by atoms with Gasteiger partial charge in [-0.2, -0.15) is 0 Å². The topological polar surface area (TPSA) is 134 Å². The van der Waals surface area contributed by atoms with E-state index in [9.17, 15) is 19.2 Å². The van der Waals surface area contributed by atoms with Crippen molar-refractivity contribution in [2.45, 2.75) is 96.1 Å². The number of amides is 1. The highest BCUT2D eigenvalue weighted by atomic mass is 16.6. The van der Waals surface area contributed by atoms with Crippen LogP contribution in [-0.2, 0) is 30.3 Å². The van der Waals surface area contributed by atoms with E-state index in [0.29, 0.717) is 5.56 Å². The Balaban J connectivity index is 1.86. The third kappa shape index (κ3) is 7.31. The molecular formula is C28H40N2O7. The second kappa shape index (κ2) is 13.0. The number of esters is 3. The Bertz CT molecular complexity index is 963. The fraction of sp³-hybridized carbons (Fsp3) is 0.643. The Kier molecular flexibility index (Phi) is 10.1. The van der Waals surface area contributed by atoms with Crippen LogP contribution in [0, 0.1) is 11.8 Å². The fourth-order valence-corrected chi connectivity index (χ4v) is 5.87. The highest BCUT2D eigenvalue weighted by Crippen LogP contribution is 2.42. The summed E-state index contributed by atoms with van der Waals surface area (Å²) in [4.78, 5) is 49.7. The molecule has 0 bridgehead atoms. The maximum Gasteiger partial charge on any atom is 0.328 e. The molecule has 0 unspecified atom stereocenters. The molecule has 2 aliphatic rings. The first-order valence-corrected chi connectivity index (χ1v) is 13.3. The van der Waals surface area contributed by atoms with E-state index in [1.54, 1.807) is 6.07 Å². The first-order valence-electron chi connectivity index (χ1n) is 13.3. The molecule has 1 aromatic rings. The minimum absolute atomic E-state index is 0.0488. The van der Waals surface area contributed by atoms with Crippen LogP contribution >= 0.6 is 0 Å². The summed E-state index contributed by atoms with van der Waals surface area (Å²) in [7, 11) is 1.27. The largest absolute Gasteiger partial charge is 0.467 e. The molecule has 0 aromatic heterocycles. The number of rotatable bonds is 9. The number of carbonyl (C=O) groups is 4. The zero-order valence-electron chi connectivity index (χ0n) is 22.2. The third-order valence-electron chi connectivity index (χ3n) is 7.70. The summed E-state index contributed by atoms with van der Waals surface area (Å²) < 4.78 is 15.3. The average molecular weight is 517 g/mol. The van der Waals surface area contributed by atoms with Crippen molar-refractivity contribution < 1.29 is 33.4 Å². The second-order valence-electron chi connectivity index (χ2n) is 10.3. The molecule has 3 N–H and O–H groups in total. The SMILES string of the molecule is COC(=O)[C@H](Cc1ccc(OC(C)=O)c(OC(C)=O)c1)NC(=O)C(N)(C1CCCCC1)C1CCCCC1. The van der Waals surface area contributed by atoms with Crippen molar-refractivity contribution in [2.24, 2.45) is 17.6 Å². The predicted octanol–water partition coefficient (Wildman–Crippen LogP) is 3.60. The number of methoxy groups -OCH3 is 1. The quantitative estimate of drug-likeness (QED) is 0.376. The molecule has 1 aromatic carbocycles. The minimum Gasteiger partial charge on any atom is -0.467 e. The number of ether oxygens (including phenoxy) is 3. The Morgan fingerprint density at radius 1 is 0.892 bits per heavy atom. The van der Waals surface area contributed by atoms with Crippen LogP contribution in [0.3, 0.4) is 0 Å². The molecule has 0 saturated heterocycles. The lowest BCUT2D eigenvalue weighted by atomic mass is 9.64. The summed E-state index contributed by atoms with van der Waals surface area (Å²) in [6.45, 7) is 2.48. The normalized spacial score (nSPS) is 17.9. The van der Waals surface area contributed by atoms with Gasteiger partial charge in [0.05, 0.1) is 7.11 Å². The van der Waals surface area contributed by atoms with Gasteiger partial charge in [0.15, 0.2) is 11.5 Å². The number of carbonyl (C=O) groups excluding carboxylic acids is 4. The Morgan fingerprint density at radius 3 is 1.89 bits per heavy atom. The van der Waals surface area contributed by atoms with Crippen molar-refractivity contribution in [3.05, 3.63) is 23.8 Å². The highest BCUT2D eigenvalue weighted by Gasteiger charge is 2.49. The summed E-state index contributed by atoms with van der Waals surface area (Å²) in [6.07, 6.45) is 10.2. The van der Waals surface area contributed by atoms with Gasteiger partial charge in [-0.25, -0.2) is 4.79 Å². The lowest BCUT2D eigenvalue weighted by Gasteiger charge is -2.45. The van der Waals surface area contributed by atoms with Gasteiger partial charge in [0, 0.05) is 20.3 Å². The smallest absolute Gasteiger partial charge is 0.328 e. The van der Waals surface area contributed by atoms with Crippen molar-refractivity contribution in [1.29, 1.82) is 0 Å². The molecular weight excluding hydrogens is 476 g/mol. The van der Waals surface area contributed by atoms with Gasteiger partial charge in [-0.3, -0.25) is 14.4 Å². The van der Waals surface area contributed by atoms with Crippen LogP contribution in [0.15, 0.2) is 18.2 Å². The number of benzene rings is 1. The average Bonchev–Trinajstić information content (AvgIpc) is 2.89. The Morgan fingerprint density at radius 2 is 1.41 bits per heavy atom. The van der Waals surface area contributed by atoms with Crippen molar-refractivity contribution in [2.75, 3.05) is 7.11 Å². The van der Waals surface area contributed by atoms with E-state index in [4.69, 9.17) is 19.9 Å². The van der Waals surface area contributed by atoms with Gasteiger partial charge in [0.25, 0.3) is 0 Å². The summed E-state index contributed by atoms with van der Waals surface area (Å²) in [5.41, 5.74) is 6.59. The number of nitrogens with two attached hydrogens (primary N) is 1. The maximum atomic E-state index is 13.9. The van der Waals surface area contributed by atoms with Gasteiger partial charge in [0.1, 0.15) is 11.6 Å². The van der Waals surface area contributed by atoms with Gasteiger partial charge in [0.2, 0.25) is 5.91 Å². The summed E-state index contributed by atoms with van der Waals surface area (Å²) in [6, 6.07) is 3.66. The molecule has 204 valence electrons. The van der Waals surface area contributed by atoms with E-state index in [1.807, 2.05) is 0 Å². The molecule has 2 saturated carbocycles. The van der Waals surface area contributed by atoms with Crippen LogP contribution in [0.4, 0.5) is 0 Å². The lowest BCUT2D eigenvalue weighted by molar-refractivity contribution is -0.147. The van der Waals surface area contributed by atoms with E-state index < -0.39 is 29.5 Å². The van der Waals surface area contributed by atoms with E-state index in [1.165, 1.54) is 33.1 Å². The number of nitrogens with one attached hydrogen (secondary N) is 1. The van der Waals surface area contributed by atoms with Crippen LogP contribution in [0.25, 0.3) is 0 Å². The number of hydrogen-bond donors (Lipinski definition) is 2. The summed E-state index contributed by atoms with van der Waals surface area (Å²) in [5, 5.41) is 2.93. The summed E-state index contributed by atoms with van der Waals surface area (Å²) in [5.74, 6) is -1.78. The van der Waals surface area contributed by atoms with E-state index >= 15 is 0 Å². The van der Waals surface area contributed by atoms with Crippen molar-refractivity contribution in [3.63, 3.8) is 0 Å². The molecule has 3 rings (SSSR count). The van der Waals surface area contributed by atoms with Crippen molar-refractivity contribution in [3.8, 4) is 11.5 Å². The van der Waals surface area contributed by atoms with Crippen LogP contribution in [0.5, 0.6) is 11.5 Å². The van der Waals surface area contributed by atoms with E-state index in [0.717, 1.165) is 64.2 Å². The molecule has 0 heterocycles. The first-order chi connectivity index (χ1) is 17.6. The molecule has 0 spiro atoms. The first kappa shape index (κ1) is 28.6. The van der Waals surface area contributed by atoms with Gasteiger partial charge in [-0.15, -0.1) is 0 Å². The molecule has 9 nitrogen and oxygen atoms in total. The van der Waals surface area contributed by atoms with Crippen LogP contribution < -0.4 is 20.5 Å². The lowest BCUT2D eigenvalue weighted by Crippen LogP contribution is -2.66. The van der Waals surface area contributed by atoms with Gasteiger partial charge in [-0.1, -0.05) is 44.6 Å². The molecule has 9 heteroatoms. The molecule has 0 aliphatic heterocycles. The minimum atomic E-state index is -1.05. The van der Waals surface area contributed by atoms with Crippen molar-refractivity contribution in [1.82, 2.24) is 5.32 Å². The van der Waals surface area contributed by atoms with Crippen LogP contribution in [0.2, 0.25) is 0 Å². The van der Waals surface area contributed by atoms with Crippen LogP contribution in [0.1, 0.15) is 83.6 Å². The monoisotopic (exact) mass is 516 g/mol. The third-order valence-corrected chi connectivity index (χ3v) is 7.70. The van der Waals surface area contributed by atoms with Crippen molar-refractivity contribution >= 4 is 23.8 Å². The maximum absolute atomic E-state index is 13.9. The van der Waals surface area contributed by atoms with Gasteiger partial charge >= 0.3 is 17.9 Å². The molecule has 0 radical (unpaired) electrons. The molecule has 1 atom stereocenters. The predicted molar refractivity (Wildman–Crippen MR) is 137 cm³/mol. The van der Waals surface area contributed by atoms with Crippen LogP contribution in [-0.4, -0.2) is 42.5 Å². The Labute approximate surface area is 218 Å². The molecule has 1 amide bonds. The van der Waals surface area contributed by atoms with E-state index in [2.05, 4.69) is 5.32 Å². The van der Waals surface area contributed by atoms with Gasteiger partial charge in [-0.05, 0) is 55.2 Å². The number of hydrogen-bond acceptors (Lipinski definition) is 8. The standard InChI is InChI=1S/C28H40N2O7/c1-18(31)36-24-15-14-20(17-25(24)37-19(2)32)16-23(26(33)35-3)30-27(34)28(29,21-10-6-4-7-11-21)22-12-8-5-9-13-22/h14-15,17,21-23H,4-13,16,29H2,1-3H3,(H,30,34)/t23-/m0/s1. The Hall–Kier alpha value is -2.94. The zero-order chi connectivity index (χ0) is 27.0. The molecule has 2 fully saturated rings. The fourth-order valence-electron chi connectivity index (χ4n) is 5.87. The second-order valence-corrected chi connectivity index (χ2v) is 10.3. The van der Waals surface area contributed by atoms with Gasteiger partial charge < -0.3 is 25.3 Å².